The van der Waals surface area contributed by atoms with E-state index in [4.69, 9.17) is 0 Å². The number of hydrogen-bond acceptors (Lipinski definition) is 2. The van der Waals surface area contributed by atoms with Crippen LogP contribution in [-0.4, -0.2) is 41.4 Å². The number of carbonyl (C=O) groups excluding carboxylic acids is 1. The molecule has 0 radical (unpaired) electrons. The number of nitrogens with zero attached hydrogens (tertiary/aromatic N) is 2. The lowest BCUT2D eigenvalue weighted by Crippen LogP contribution is -2.41. The van der Waals surface area contributed by atoms with E-state index in [1.54, 1.807) is 12.1 Å². The van der Waals surface area contributed by atoms with Crippen molar-refractivity contribution in [2.24, 2.45) is 5.92 Å². The fourth-order valence-electron chi connectivity index (χ4n) is 6.66. The van der Waals surface area contributed by atoms with E-state index in [1.165, 1.54) is 34.2 Å². The topological polar surface area (TPSA) is 23.6 Å². The maximum absolute atomic E-state index is 13.5. The summed E-state index contributed by atoms with van der Waals surface area (Å²) in [6, 6.07) is 24.8. The second-order valence-corrected chi connectivity index (χ2v) is 11.6. The normalized spacial score (nSPS) is 21.7. The van der Waals surface area contributed by atoms with Gasteiger partial charge in [-0.2, -0.15) is 0 Å². The smallest absolute Gasteiger partial charge is 0.226 e. The highest BCUT2D eigenvalue weighted by molar-refractivity contribution is 5.79. The minimum atomic E-state index is -0.160. The van der Waals surface area contributed by atoms with Crippen LogP contribution in [0.2, 0.25) is 0 Å². The maximum atomic E-state index is 13.5. The molecule has 206 valence electrons. The number of halogens is 1. The highest BCUT2D eigenvalue weighted by atomic mass is 19.1. The number of fused-ring (bicyclic) bond motifs is 1. The van der Waals surface area contributed by atoms with Crippen molar-refractivity contribution in [3.63, 3.8) is 0 Å². The largest absolute Gasteiger partial charge is 0.338 e. The first-order valence-corrected chi connectivity index (χ1v) is 15.0. The van der Waals surface area contributed by atoms with Gasteiger partial charge in [0.25, 0.3) is 0 Å². The van der Waals surface area contributed by atoms with Gasteiger partial charge in [0.15, 0.2) is 0 Å². The van der Waals surface area contributed by atoms with Crippen LogP contribution in [0.4, 0.5) is 4.39 Å². The zero-order chi connectivity index (χ0) is 27.2. The van der Waals surface area contributed by atoms with E-state index in [-0.39, 0.29) is 11.7 Å². The summed E-state index contributed by atoms with van der Waals surface area (Å²) in [4.78, 5) is 18.3. The molecule has 2 fully saturated rings. The number of piperidine rings is 1. The van der Waals surface area contributed by atoms with E-state index in [0.29, 0.717) is 17.9 Å². The second-order valence-electron chi connectivity index (χ2n) is 11.6. The van der Waals surface area contributed by atoms with Crippen LogP contribution in [0.1, 0.15) is 75.0 Å². The standard InChI is InChI=1S/C32H35FN2O.C3H8/c33-30-11-8-24(9-12-30)26-14-17-34(18-15-26)31-13-10-28(21-31)32(36)35-19-16-25-6-7-27(20-29(25)22-35)23-4-2-1-3-5-23;1-3-2/h1-9,11-12,20,26,28,31H,10,13-19,21-22H2;3H2,1-2H3/t28-,31?;/m0./s1. The van der Waals surface area contributed by atoms with Crippen LogP contribution >= 0.6 is 0 Å². The maximum Gasteiger partial charge on any atom is 0.226 e. The van der Waals surface area contributed by atoms with E-state index >= 15 is 0 Å². The Morgan fingerprint density at radius 1 is 0.821 bits per heavy atom. The van der Waals surface area contributed by atoms with Gasteiger partial charge in [0.1, 0.15) is 5.82 Å². The molecule has 2 aliphatic heterocycles. The third-order valence-corrected chi connectivity index (χ3v) is 8.78. The van der Waals surface area contributed by atoms with Crippen molar-refractivity contribution in [1.82, 2.24) is 9.80 Å². The molecular formula is C35H43FN2O. The van der Waals surface area contributed by atoms with Gasteiger partial charge in [0, 0.05) is 25.0 Å². The molecule has 0 bridgehead atoms. The zero-order valence-corrected chi connectivity index (χ0v) is 23.6. The van der Waals surface area contributed by atoms with E-state index in [9.17, 15) is 9.18 Å². The Morgan fingerprint density at radius 2 is 1.54 bits per heavy atom. The third-order valence-electron chi connectivity index (χ3n) is 8.78. The molecule has 1 amide bonds. The van der Waals surface area contributed by atoms with Crippen LogP contribution in [-0.2, 0) is 17.8 Å². The molecule has 1 saturated heterocycles. The Morgan fingerprint density at radius 3 is 2.26 bits per heavy atom. The van der Waals surface area contributed by atoms with Crippen LogP contribution in [0.3, 0.4) is 0 Å². The van der Waals surface area contributed by atoms with Crippen LogP contribution in [0.25, 0.3) is 11.1 Å². The van der Waals surface area contributed by atoms with Crippen molar-refractivity contribution < 1.29 is 9.18 Å². The number of benzene rings is 3. The molecular weight excluding hydrogens is 483 g/mol. The molecule has 4 heteroatoms. The Kier molecular flexibility index (Phi) is 9.13. The third kappa shape index (κ3) is 6.61. The highest BCUT2D eigenvalue weighted by Gasteiger charge is 2.37. The number of amides is 1. The number of rotatable bonds is 4. The second kappa shape index (κ2) is 12.9. The highest BCUT2D eigenvalue weighted by Crippen LogP contribution is 2.36. The quantitative estimate of drug-likeness (QED) is 0.346. The molecule has 0 aromatic heterocycles. The van der Waals surface area contributed by atoms with Crippen LogP contribution in [0.5, 0.6) is 0 Å². The minimum absolute atomic E-state index is 0.156. The summed E-state index contributed by atoms with van der Waals surface area (Å²) in [7, 11) is 0. The van der Waals surface area contributed by atoms with Crippen LogP contribution in [0.15, 0.2) is 72.8 Å². The van der Waals surface area contributed by atoms with E-state index in [1.807, 2.05) is 18.2 Å². The molecule has 39 heavy (non-hydrogen) atoms. The van der Waals surface area contributed by atoms with Crippen molar-refractivity contribution in [2.45, 2.75) is 77.3 Å². The van der Waals surface area contributed by atoms with Crippen molar-refractivity contribution in [1.29, 1.82) is 0 Å². The van der Waals surface area contributed by atoms with Gasteiger partial charge in [-0.3, -0.25) is 4.79 Å². The zero-order valence-electron chi connectivity index (χ0n) is 23.6. The van der Waals surface area contributed by atoms with Crippen molar-refractivity contribution >= 4 is 5.91 Å². The SMILES string of the molecule is CCC.O=C([C@H]1CCC(N2CCC(c3ccc(F)cc3)CC2)C1)N1CCc2ccc(-c3ccccc3)cc2C1. The molecule has 0 spiro atoms. The summed E-state index contributed by atoms with van der Waals surface area (Å²) in [5.74, 6) is 0.875. The number of carbonyl (C=O) groups is 1. The van der Waals surface area contributed by atoms with Gasteiger partial charge in [0.2, 0.25) is 5.91 Å². The lowest BCUT2D eigenvalue weighted by Gasteiger charge is -2.36. The number of likely N-dealkylation sites (tertiary alicyclic amines) is 1. The summed E-state index contributed by atoms with van der Waals surface area (Å²) in [6.45, 7) is 7.97. The van der Waals surface area contributed by atoms with Crippen LogP contribution < -0.4 is 0 Å². The average molecular weight is 527 g/mol. The molecule has 3 aromatic carbocycles. The Labute approximate surface area is 234 Å². The van der Waals surface area contributed by atoms with Gasteiger partial charge in [-0.15, -0.1) is 0 Å². The molecule has 3 aromatic rings. The Hall–Kier alpha value is -2.98. The fraction of sp³-hybridized carbons (Fsp3) is 0.457. The van der Waals surface area contributed by atoms with Gasteiger partial charge in [0.05, 0.1) is 0 Å². The molecule has 3 aliphatic rings. The first-order valence-electron chi connectivity index (χ1n) is 15.0. The average Bonchev–Trinajstić information content (AvgIpc) is 3.48. The Bertz CT molecular complexity index is 1220. The molecule has 2 heterocycles. The molecule has 6 rings (SSSR count). The molecule has 1 aliphatic carbocycles. The first-order chi connectivity index (χ1) is 19.1. The molecule has 1 saturated carbocycles. The summed E-state index contributed by atoms with van der Waals surface area (Å²) in [6.07, 6.45) is 7.56. The fourth-order valence-corrected chi connectivity index (χ4v) is 6.66. The lowest BCUT2D eigenvalue weighted by atomic mass is 9.88. The molecule has 2 atom stereocenters. The van der Waals surface area contributed by atoms with Gasteiger partial charge < -0.3 is 9.80 Å². The van der Waals surface area contributed by atoms with E-state index in [2.05, 4.69) is 66.1 Å². The predicted octanol–water partition coefficient (Wildman–Crippen LogP) is 7.84. The monoisotopic (exact) mass is 526 g/mol. The summed E-state index contributed by atoms with van der Waals surface area (Å²) in [5, 5.41) is 0. The van der Waals surface area contributed by atoms with Gasteiger partial charge in [-0.05, 0) is 104 Å². The molecule has 1 unspecified atom stereocenters. The predicted molar refractivity (Wildman–Crippen MR) is 158 cm³/mol. The van der Waals surface area contributed by atoms with Crippen molar-refractivity contribution in [3.05, 3.63) is 95.3 Å². The van der Waals surface area contributed by atoms with Crippen molar-refractivity contribution in [3.8, 4) is 11.1 Å². The summed E-state index contributed by atoms with van der Waals surface area (Å²) >= 11 is 0. The minimum Gasteiger partial charge on any atom is -0.338 e. The lowest BCUT2D eigenvalue weighted by molar-refractivity contribution is -0.136. The van der Waals surface area contributed by atoms with E-state index in [0.717, 1.165) is 64.7 Å². The van der Waals surface area contributed by atoms with Gasteiger partial charge >= 0.3 is 0 Å². The van der Waals surface area contributed by atoms with Gasteiger partial charge in [-0.25, -0.2) is 4.39 Å². The Balaban J connectivity index is 0.000000983. The van der Waals surface area contributed by atoms with Gasteiger partial charge in [-0.1, -0.05) is 74.9 Å². The van der Waals surface area contributed by atoms with E-state index < -0.39 is 0 Å². The summed E-state index contributed by atoms with van der Waals surface area (Å²) in [5.41, 5.74) is 6.40. The van der Waals surface area contributed by atoms with Crippen molar-refractivity contribution in [2.75, 3.05) is 19.6 Å². The number of hydrogen-bond donors (Lipinski definition) is 0. The van der Waals surface area contributed by atoms with Crippen LogP contribution in [0, 0.1) is 11.7 Å². The summed E-state index contributed by atoms with van der Waals surface area (Å²) < 4.78 is 13.3. The molecule has 0 N–H and O–H groups in total. The molecule has 3 nitrogen and oxygen atoms in total. The first kappa shape index (κ1) is 27.6.